The van der Waals surface area contributed by atoms with Gasteiger partial charge in [-0.25, -0.2) is 9.37 Å². The Bertz CT molecular complexity index is 968. The zero-order chi connectivity index (χ0) is 18.0. The molecule has 0 aliphatic heterocycles. The van der Waals surface area contributed by atoms with Crippen LogP contribution in [0.2, 0.25) is 0 Å². The second-order valence-corrected chi connectivity index (χ2v) is 5.61. The minimum absolute atomic E-state index is 0.0222. The molecule has 2 aromatic carbocycles. The van der Waals surface area contributed by atoms with Crippen LogP contribution >= 0.6 is 0 Å². The van der Waals surface area contributed by atoms with Crippen molar-refractivity contribution in [2.24, 2.45) is 0 Å². The molecule has 1 heterocycles. The fourth-order valence-corrected chi connectivity index (χ4v) is 2.55. The summed E-state index contributed by atoms with van der Waals surface area (Å²) in [5.74, 6) is -0.0227. The predicted molar refractivity (Wildman–Crippen MR) is 89.9 cm³/mol. The van der Waals surface area contributed by atoms with Gasteiger partial charge in [0.05, 0.1) is 16.0 Å². The molecule has 25 heavy (non-hydrogen) atoms. The summed E-state index contributed by atoms with van der Waals surface area (Å²) in [6.07, 6.45) is 0.452. The Hall–Kier alpha value is -3.29. The van der Waals surface area contributed by atoms with Gasteiger partial charge < -0.3 is 10.3 Å². The smallest absolute Gasteiger partial charge is 0.272 e. The van der Waals surface area contributed by atoms with Crippen LogP contribution in [-0.4, -0.2) is 27.3 Å². The average Bonchev–Trinajstić information content (AvgIpc) is 2.96. The van der Waals surface area contributed by atoms with Crippen LogP contribution in [0.15, 0.2) is 36.4 Å². The number of carbonyl (C=O) groups is 1. The SMILES string of the molecule is Cc1cc(C(=O)NCCc2nc3ccc(F)cc3[nH]2)ccc1[N+](=O)[O-]. The first kappa shape index (κ1) is 16.6. The van der Waals surface area contributed by atoms with Crippen molar-refractivity contribution in [2.75, 3.05) is 6.54 Å². The highest BCUT2D eigenvalue weighted by Crippen LogP contribution is 2.18. The van der Waals surface area contributed by atoms with Crippen LogP contribution < -0.4 is 5.32 Å². The molecular weight excluding hydrogens is 327 g/mol. The van der Waals surface area contributed by atoms with Crippen LogP contribution in [-0.2, 0) is 6.42 Å². The van der Waals surface area contributed by atoms with Crippen molar-refractivity contribution < 1.29 is 14.1 Å². The molecule has 3 rings (SSSR count). The van der Waals surface area contributed by atoms with E-state index < -0.39 is 4.92 Å². The number of nitrogens with one attached hydrogen (secondary N) is 2. The van der Waals surface area contributed by atoms with E-state index in [0.717, 1.165) is 0 Å². The largest absolute Gasteiger partial charge is 0.352 e. The molecule has 1 amide bonds. The summed E-state index contributed by atoms with van der Waals surface area (Å²) >= 11 is 0. The molecule has 0 unspecified atom stereocenters. The van der Waals surface area contributed by atoms with Gasteiger partial charge in [-0.3, -0.25) is 14.9 Å². The number of hydrogen-bond donors (Lipinski definition) is 2. The van der Waals surface area contributed by atoms with Gasteiger partial charge in [-0.15, -0.1) is 0 Å². The number of nitro groups is 1. The molecule has 0 aliphatic rings. The Kier molecular flexibility index (Phi) is 4.42. The summed E-state index contributed by atoms with van der Waals surface area (Å²) in [6, 6.07) is 8.51. The second kappa shape index (κ2) is 6.68. The van der Waals surface area contributed by atoms with E-state index in [1.165, 1.54) is 30.3 Å². The van der Waals surface area contributed by atoms with Gasteiger partial charge in [-0.05, 0) is 37.3 Å². The summed E-state index contributed by atoms with van der Waals surface area (Å²) < 4.78 is 13.2. The van der Waals surface area contributed by atoms with Crippen LogP contribution in [0.4, 0.5) is 10.1 Å². The Balaban J connectivity index is 1.62. The van der Waals surface area contributed by atoms with E-state index in [0.29, 0.717) is 41.0 Å². The van der Waals surface area contributed by atoms with E-state index in [1.807, 2.05) is 0 Å². The number of imidazole rings is 1. The van der Waals surface area contributed by atoms with Crippen molar-refractivity contribution in [1.29, 1.82) is 0 Å². The number of rotatable bonds is 5. The molecule has 7 nitrogen and oxygen atoms in total. The van der Waals surface area contributed by atoms with Gasteiger partial charge in [0, 0.05) is 30.2 Å². The number of aromatic nitrogens is 2. The van der Waals surface area contributed by atoms with E-state index >= 15 is 0 Å². The zero-order valence-corrected chi connectivity index (χ0v) is 13.4. The van der Waals surface area contributed by atoms with Crippen molar-refractivity contribution in [2.45, 2.75) is 13.3 Å². The Labute approximate surface area is 142 Å². The van der Waals surface area contributed by atoms with Gasteiger partial charge in [-0.2, -0.15) is 0 Å². The van der Waals surface area contributed by atoms with E-state index in [2.05, 4.69) is 15.3 Å². The van der Waals surface area contributed by atoms with Gasteiger partial charge in [0.15, 0.2) is 0 Å². The van der Waals surface area contributed by atoms with Crippen LogP contribution in [0.1, 0.15) is 21.7 Å². The van der Waals surface area contributed by atoms with Crippen LogP contribution in [0.5, 0.6) is 0 Å². The van der Waals surface area contributed by atoms with Crippen molar-refractivity contribution in [3.8, 4) is 0 Å². The van der Waals surface area contributed by atoms with Crippen molar-refractivity contribution in [3.63, 3.8) is 0 Å². The van der Waals surface area contributed by atoms with E-state index in [-0.39, 0.29) is 17.4 Å². The quantitative estimate of drug-likeness (QED) is 0.550. The number of hydrogen-bond acceptors (Lipinski definition) is 4. The third-order valence-electron chi connectivity index (χ3n) is 3.80. The van der Waals surface area contributed by atoms with Crippen molar-refractivity contribution >= 4 is 22.6 Å². The molecule has 128 valence electrons. The van der Waals surface area contributed by atoms with Gasteiger partial charge in [0.25, 0.3) is 11.6 Å². The Morgan fingerprint density at radius 1 is 1.32 bits per heavy atom. The molecule has 3 aromatic rings. The molecule has 0 atom stereocenters. The van der Waals surface area contributed by atoms with Crippen LogP contribution in [0.25, 0.3) is 11.0 Å². The van der Waals surface area contributed by atoms with Crippen LogP contribution in [0.3, 0.4) is 0 Å². The summed E-state index contributed by atoms with van der Waals surface area (Å²) in [6.45, 7) is 1.92. The van der Waals surface area contributed by atoms with E-state index in [9.17, 15) is 19.3 Å². The lowest BCUT2D eigenvalue weighted by Crippen LogP contribution is -2.26. The minimum atomic E-state index is -0.485. The number of carbonyl (C=O) groups excluding carboxylic acids is 1. The molecule has 0 bridgehead atoms. The highest BCUT2D eigenvalue weighted by atomic mass is 19.1. The average molecular weight is 342 g/mol. The van der Waals surface area contributed by atoms with E-state index in [1.54, 1.807) is 13.0 Å². The number of halogens is 1. The summed E-state index contributed by atoms with van der Waals surface area (Å²) in [5, 5.41) is 13.5. The molecular formula is C17H15FN4O3. The molecule has 0 saturated carbocycles. The number of H-pyrrole nitrogens is 1. The number of amides is 1. The number of aromatic amines is 1. The monoisotopic (exact) mass is 342 g/mol. The summed E-state index contributed by atoms with van der Waals surface area (Å²) in [7, 11) is 0. The summed E-state index contributed by atoms with van der Waals surface area (Å²) in [5.41, 5.74) is 2.03. The topological polar surface area (TPSA) is 101 Å². The minimum Gasteiger partial charge on any atom is -0.352 e. The molecule has 8 heteroatoms. The van der Waals surface area contributed by atoms with Crippen LogP contribution in [0, 0.1) is 22.9 Å². The fraction of sp³-hybridized carbons (Fsp3) is 0.176. The zero-order valence-electron chi connectivity index (χ0n) is 13.4. The highest BCUT2D eigenvalue weighted by molar-refractivity contribution is 5.94. The first-order valence-electron chi connectivity index (χ1n) is 7.61. The fourth-order valence-electron chi connectivity index (χ4n) is 2.55. The third kappa shape index (κ3) is 3.63. The third-order valence-corrected chi connectivity index (χ3v) is 3.80. The van der Waals surface area contributed by atoms with Gasteiger partial charge in [0.1, 0.15) is 11.6 Å². The predicted octanol–water partition coefficient (Wildman–Crippen LogP) is 2.89. The Morgan fingerprint density at radius 2 is 2.12 bits per heavy atom. The summed E-state index contributed by atoms with van der Waals surface area (Å²) in [4.78, 5) is 29.8. The Morgan fingerprint density at radius 3 is 2.84 bits per heavy atom. The number of nitro benzene ring substituents is 1. The van der Waals surface area contributed by atoms with Crippen molar-refractivity contribution in [1.82, 2.24) is 15.3 Å². The van der Waals surface area contributed by atoms with E-state index in [4.69, 9.17) is 0 Å². The first-order valence-corrected chi connectivity index (χ1v) is 7.61. The van der Waals surface area contributed by atoms with Gasteiger partial charge in [-0.1, -0.05) is 0 Å². The molecule has 0 aliphatic carbocycles. The van der Waals surface area contributed by atoms with Crippen molar-refractivity contribution in [3.05, 3.63) is 69.3 Å². The maximum Gasteiger partial charge on any atom is 0.272 e. The molecule has 0 fully saturated rings. The number of nitrogens with zero attached hydrogens (tertiary/aromatic N) is 2. The number of aryl methyl sites for hydroxylation is 1. The maximum absolute atomic E-state index is 13.2. The lowest BCUT2D eigenvalue weighted by molar-refractivity contribution is -0.385. The molecule has 0 saturated heterocycles. The number of fused-ring (bicyclic) bond motifs is 1. The molecule has 1 aromatic heterocycles. The van der Waals surface area contributed by atoms with Gasteiger partial charge in [0.2, 0.25) is 0 Å². The molecule has 0 spiro atoms. The lowest BCUT2D eigenvalue weighted by atomic mass is 10.1. The molecule has 2 N–H and O–H groups in total. The number of benzene rings is 2. The van der Waals surface area contributed by atoms with Gasteiger partial charge >= 0.3 is 0 Å². The standard InChI is InChI=1S/C17H15FN4O3/c1-10-8-11(2-5-15(10)22(24)25)17(23)19-7-6-16-20-13-4-3-12(18)9-14(13)21-16/h2-5,8-9H,6-7H2,1H3,(H,19,23)(H,20,21). The maximum atomic E-state index is 13.2. The second-order valence-electron chi connectivity index (χ2n) is 5.61. The highest BCUT2D eigenvalue weighted by Gasteiger charge is 2.13. The lowest BCUT2D eigenvalue weighted by Gasteiger charge is -2.05. The normalized spacial score (nSPS) is 10.8. The molecule has 0 radical (unpaired) electrons. The first-order chi connectivity index (χ1) is 11.9.